The fourth-order valence-corrected chi connectivity index (χ4v) is 3.95. The van der Waals surface area contributed by atoms with Gasteiger partial charge in [0.05, 0.1) is 13.2 Å². The number of nitrogens with one attached hydrogen (secondary N) is 1. The topological polar surface area (TPSA) is 30.5 Å². The van der Waals surface area contributed by atoms with E-state index in [1.54, 1.807) is 0 Å². The van der Waals surface area contributed by atoms with Crippen LogP contribution in [0.4, 0.5) is 0 Å². The molecule has 1 heterocycles. The van der Waals surface area contributed by atoms with Crippen LogP contribution in [0.5, 0.6) is 5.75 Å². The maximum atomic E-state index is 6.07. The molecule has 1 aliphatic carbocycles. The summed E-state index contributed by atoms with van der Waals surface area (Å²) in [7, 11) is 0. The van der Waals surface area contributed by atoms with E-state index >= 15 is 0 Å². The van der Waals surface area contributed by atoms with E-state index in [9.17, 15) is 0 Å². The molecule has 0 amide bonds. The van der Waals surface area contributed by atoms with Gasteiger partial charge >= 0.3 is 0 Å². The van der Waals surface area contributed by atoms with E-state index in [0.29, 0.717) is 18.2 Å². The summed E-state index contributed by atoms with van der Waals surface area (Å²) in [6, 6.07) is 18.2. The van der Waals surface area contributed by atoms with Crippen molar-refractivity contribution in [2.45, 2.75) is 50.8 Å². The predicted molar refractivity (Wildman–Crippen MR) is 100.0 cm³/mol. The van der Waals surface area contributed by atoms with Crippen molar-refractivity contribution in [1.29, 1.82) is 0 Å². The molecule has 0 aromatic heterocycles. The van der Waals surface area contributed by atoms with E-state index in [-0.39, 0.29) is 0 Å². The van der Waals surface area contributed by atoms with E-state index in [1.165, 1.54) is 29.5 Å². The number of aryl methyl sites for hydroxylation is 1. The lowest BCUT2D eigenvalue weighted by Gasteiger charge is -2.24. The van der Waals surface area contributed by atoms with Crippen LogP contribution in [0.2, 0.25) is 0 Å². The van der Waals surface area contributed by atoms with Crippen molar-refractivity contribution in [2.75, 3.05) is 13.2 Å². The molecule has 0 bridgehead atoms. The molecule has 2 aromatic rings. The number of hydrogen-bond donors (Lipinski definition) is 1. The van der Waals surface area contributed by atoms with Gasteiger partial charge in [-0.15, -0.1) is 0 Å². The zero-order chi connectivity index (χ0) is 17.1. The van der Waals surface area contributed by atoms with Crippen LogP contribution < -0.4 is 10.1 Å². The first-order chi connectivity index (χ1) is 12.3. The molecule has 1 N–H and O–H groups in total. The molecule has 2 atom stereocenters. The summed E-state index contributed by atoms with van der Waals surface area (Å²) in [5, 5.41) is 3.79. The Morgan fingerprint density at radius 2 is 1.76 bits per heavy atom. The van der Waals surface area contributed by atoms with Crippen molar-refractivity contribution in [3.05, 3.63) is 65.2 Å². The third-order valence-corrected chi connectivity index (χ3v) is 5.44. The molecule has 0 saturated carbocycles. The number of ether oxygens (including phenoxy) is 2. The van der Waals surface area contributed by atoms with Gasteiger partial charge in [-0.05, 0) is 48.6 Å². The lowest BCUT2D eigenvalue weighted by Crippen LogP contribution is -2.26. The summed E-state index contributed by atoms with van der Waals surface area (Å²) in [6.07, 6.45) is 4.64. The molecule has 2 aliphatic rings. The average Bonchev–Trinajstić information content (AvgIpc) is 3.06. The standard InChI is InChI=1S/C22H27NO2/c1-16(23-22-11-8-18-4-2-3-5-21(18)22)17-6-9-19(10-7-17)25-20-12-14-24-15-13-20/h2-7,9-10,16,20,22-23H,8,11-15H2,1H3/t16-,22-/m0/s1. The van der Waals surface area contributed by atoms with Crippen LogP contribution in [-0.2, 0) is 11.2 Å². The van der Waals surface area contributed by atoms with Gasteiger partial charge in [0.15, 0.2) is 0 Å². The van der Waals surface area contributed by atoms with Crippen LogP contribution >= 0.6 is 0 Å². The molecule has 0 spiro atoms. The van der Waals surface area contributed by atoms with Crippen LogP contribution in [0.25, 0.3) is 0 Å². The van der Waals surface area contributed by atoms with Gasteiger partial charge in [0, 0.05) is 24.9 Å². The van der Waals surface area contributed by atoms with E-state index in [0.717, 1.165) is 31.8 Å². The zero-order valence-electron chi connectivity index (χ0n) is 14.9. The highest BCUT2D eigenvalue weighted by atomic mass is 16.5. The molecule has 0 unspecified atom stereocenters. The minimum atomic E-state index is 0.296. The minimum absolute atomic E-state index is 0.296. The minimum Gasteiger partial charge on any atom is -0.490 e. The number of rotatable bonds is 5. The van der Waals surface area contributed by atoms with Crippen molar-refractivity contribution in [1.82, 2.24) is 5.32 Å². The Kier molecular flexibility index (Phi) is 5.04. The summed E-state index contributed by atoms with van der Waals surface area (Å²) < 4.78 is 11.5. The number of hydrogen-bond acceptors (Lipinski definition) is 3. The third-order valence-electron chi connectivity index (χ3n) is 5.44. The molecule has 0 radical (unpaired) electrons. The predicted octanol–water partition coefficient (Wildman–Crippen LogP) is 4.58. The second kappa shape index (κ2) is 7.59. The normalized spacial score (nSPS) is 21.7. The first-order valence-corrected chi connectivity index (χ1v) is 9.48. The van der Waals surface area contributed by atoms with E-state index < -0.39 is 0 Å². The number of benzene rings is 2. The lowest BCUT2D eigenvalue weighted by atomic mass is 10.0. The average molecular weight is 337 g/mol. The van der Waals surface area contributed by atoms with E-state index in [2.05, 4.69) is 60.8 Å². The Morgan fingerprint density at radius 1 is 1.00 bits per heavy atom. The molecule has 3 heteroatoms. The monoisotopic (exact) mass is 337 g/mol. The van der Waals surface area contributed by atoms with Gasteiger partial charge in [-0.1, -0.05) is 36.4 Å². The van der Waals surface area contributed by atoms with Crippen LogP contribution in [0.1, 0.15) is 55.0 Å². The fraction of sp³-hybridized carbons (Fsp3) is 0.455. The van der Waals surface area contributed by atoms with Crippen LogP contribution in [0, 0.1) is 0 Å². The second-order valence-corrected chi connectivity index (χ2v) is 7.18. The summed E-state index contributed by atoms with van der Waals surface area (Å²) in [5.74, 6) is 0.967. The second-order valence-electron chi connectivity index (χ2n) is 7.18. The Bertz CT molecular complexity index is 691. The molecule has 3 nitrogen and oxygen atoms in total. The molecular weight excluding hydrogens is 310 g/mol. The first kappa shape index (κ1) is 16.6. The van der Waals surface area contributed by atoms with Gasteiger partial charge in [-0.25, -0.2) is 0 Å². The van der Waals surface area contributed by atoms with Gasteiger partial charge in [0.1, 0.15) is 11.9 Å². The van der Waals surface area contributed by atoms with Crippen molar-refractivity contribution in [3.63, 3.8) is 0 Å². The van der Waals surface area contributed by atoms with Crippen molar-refractivity contribution in [2.24, 2.45) is 0 Å². The summed E-state index contributed by atoms with van der Waals surface area (Å²) in [6.45, 7) is 3.87. The highest BCUT2D eigenvalue weighted by molar-refractivity contribution is 5.35. The maximum absolute atomic E-state index is 6.07. The smallest absolute Gasteiger partial charge is 0.119 e. The van der Waals surface area contributed by atoms with Crippen molar-refractivity contribution < 1.29 is 9.47 Å². The molecule has 1 saturated heterocycles. The van der Waals surface area contributed by atoms with Crippen LogP contribution in [-0.4, -0.2) is 19.3 Å². The molecule has 25 heavy (non-hydrogen) atoms. The quantitative estimate of drug-likeness (QED) is 0.866. The Hall–Kier alpha value is -1.84. The van der Waals surface area contributed by atoms with E-state index in [4.69, 9.17) is 9.47 Å². The van der Waals surface area contributed by atoms with Crippen LogP contribution in [0.3, 0.4) is 0 Å². The van der Waals surface area contributed by atoms with E-state index in [1.807, 2.05) is 0 Å². The Labute approximate surface area is 150 Å². The van der Waals surface area contributed by atoms with Gasteiger partial charge in [-0.2, -0.15) is 0 Å². The molecule has 1 aliphatic heterocycles. The molecular formula is C22H27NO2. The van der Waals surface area contributed by atoms with Gasteiger partial charge < -0.3 is 14.8 Å². The number of fused-ring (bicyclic) bond motifs is 1. The Balaban J connectivity index is 1.37. The van der Waals surface area contributed by atoms with Gasteiger partial charge in [0.25, 0.3) is 0 Å². The highest BCUT2D eigenvalue weighted by Crippen LogP contribution is 2.33. The summed E-state index contributed by atoms with van der Waals surface area (Å²) >= 11 is 0. The fourth-order valence-electron chi connectivity index (χ4n) is 3.95. The van der Waals surface area contributed by atoms with Crippen molar-refractivity contribution in [3.8, 4) is 5.75 Å². The summed E-state index contributed by atoms with van der Waals surface area (Å²) in [5.41, 5.74) is 4.27. The maximum Gasteiger partial charge on any atom is 0.119 e. The largest absolute Gasteiger partial charge is 0.490 e. The molecule has 1 fully saturated rings. The third kappa shape index (κ3) is 3.88. The van der Waals surface area contributed by atoms with Crippen molar-refractivity contribution >= 4 is 0 Å². The molecule has 4 rings (SSSR count). The Morgan fingerprint density at radius 3 is 2.56 bits per heavy atom. The highest BCUT2D eigenvalue weighted by Gasteiger charge is 2.23. The molecule has 2 aromatic carbocycles. The lowest BCUT2D eigenvalue weighted by molar-refractivity contribution is 0.0255. The van der Waals surface area contributed by atoms with Gasteiger partial charge in [-0.3, -0.25) is 0 Å². The molecule has 132 valence electrons. The summed E-state index contributed by atoms with van der Waals surface area (Å²) in [4.78, 5) is 0. The first-order valence-electron chi connectivity index (χ1n) is 9.48. The van der Waals surface area contributed by atoms with Gasteiger partial charge in [0.2, 0.25) is 0 Å². The zero-order valence-corrected chi connectivity index (χ0v) is 14.9. The van der Waals surface area contributed by atoms with Crippen LogP contribution in [0.15, 0.2) is 48.5 Å². The SMILES string of the molecule is C[C@H](N[C@H]1CCc2ccccc21)c1ccc(OC2CCOCC2)cc1.